The number of halogens is 3. The molecule has 1 aromatic rings. The Balaban J connectivity index is 2.42. The Morgan fingerprint density at radius 1 is 1.39 bits per heavy atom. The van der Waals surface area contributed by atoms with Gasteiger partial charge in [-0.1, -0.05) is 13.3 Å². The van der Waals surface area contributed by atoms with Gasteiger partial charge in [0, 0.05) is 31.1 Å². The van der Waals surface area contributed by atoms with Gasteiger partial charge in [0.1, 0.15) is 0 Å². The predicted octanol–water partition coefficient (Wildman–Crippen LogP) is 3.05. The molecular weight excluding hydrogens is 247 g/mol. The van der Waals surface area contributed by atoms with Gasteiger partial charge in [0.2, 0.25) is 0 Å². The number of nitrogens with zero attached hydrogens (tertiary/aromatic N) is 1. The van der Waals surface area contributed by atoms with E-state index in [9.17, 15) is 18.0 Å². The van der Waals surface area contributed by atoms with Gasteiger partial charge in [-0.05, 0) is 12.5 Å². The van der Waals surface area contributed by atoms with Crippen LogP contribution in [-0.4, -0.2) is 29.7 Å². The van der Waals surface area contributed by atoms with Crippen LogP contribution < -0.4 is 0 Å². The molecule has 0 N–H and O–H groups in total. The van der Waals surface area contributed by atoms with Gasteiger partial charge in [-0.3, -0.25) is 4.79 Å². The minimum absolute atomic E-state index is 0.337. The van der Waals surface area contributed by atoms with Crippen molar-refractivity contribution in [2.75, 3.05) is 13.2 Å². The second kappa shape index (κ2) is 6.58. The van der Waals surface area contributed by atoms with Crippen molar-refractivity contribution in [2.45, 2.75) is 32.5 Å². The highest BCUT2D eigenvalue weighted by Crippen LogP contribution is 2.21. The summed E-state index contributed by atoms with van der Waals surface area (Å²) < 4.78 is 43.3. The molecule has 0 saturated carbocycles. The number of hydrogen-bond acceptors (Lipinski definition) is 2. The topological polar surface area (TPSA) is 31.2 Å². The van der Waals surface area contributed by atoms with Gasteiger partial charge in [0.15, 0.2) is 0 Å². The van der Waals surface area contributed by atoms with Crippen LogP contribution in [-0.2, 0) is 11.3 Å². The van der Waals surface area contributed by atoms with Crippen LogP contribution in [0.5, 0.6) is 0 Å². The van der Waals surface area contributed by atoms with Crippen molar-refractivity contribution < 1.29 is 22.7 Å². The number of aromatic nitrogens is 1. The third kappa shape index (κ3) is 4.52. The highest BCUT2D eigenvalue weighted by molar-refractivity contribution is 6.00. The summed E-state index contributed by atoms with van der Waals surface area (Å²) in [6.45, 7) is 3.56. The molecule has 0 aliphatic carbocycles. The fraction of sp³-hybridized carbons (Fsp3) is 0.583. The molecule has 3 nitrogen and oxygen atoms in total. The SMILES string of the molecule is CCCCOCCn1ccc(C(=O)C(F)(F)F)c1. The van der Waals surface area contributed by atoms with E-state index < -0.39 is 12.0 Å². The van der Waals surface area contributed by atoms with Crippen LogP contribution in [0, 0.1) is 0 Å². The Hall–Kier alpha value is -1.30. The van der Waals surface area contributed by atoms with Crippen LogP contribution in [0.25, 0.3) is 0 Å². The average Bonchev–Trinajstić information content (AvgIpc) is 2.75. The monoisotopic (exact) mass is 263 g/mol. The first-order valence-electron chi connectivity index (χ1n) is 5.80. The van der Waals surface area contributed by atoms with E-state index in [0.29, 0.717) is 19.8 Å². The van der Waals surface area contributed by atoms with Crippen molar-refractivity contribution >= 4 is 5.78 Å². The van der Waals surface area contributed by atoms with E-state index in [2.05, 4.69) is 0 Å². The highest BCUT2D eigenvalue weighted by Gasteiger charge is 2.39. The number of alkyl halides is 3. The first-order chi connectivity index (χ1) is 8.45. The Kier molecular flexibility index (Phi) is 5.40. The minimum atomic E-state index is -4.82. The molecule has 1 aromatic heterocycles. The summed E-state index contributed by atoms with van der Waals surface area (Å²) in [5.41, 5.74) is -0.337. The zero-order chi connectivity index (χ0) is 13.6. The second-order valence-corrected chi connectivity index (χ2v) is 3.93. The van der Waals surface area contributed by atoms with Crippen LogP contribution >= 0.6 is 0 Å². The maximum atomic E-state index is 12.2. The van der Waals surface area contributed by atoms with Crippen LogP contribution in [0.2, 0.25) is 0 Å². The molecule has 0 aromatic carbocycles. The summed E-state index contributed by atoms with van der Waals surface area (Å²) >= 11 is 0. The number of carbonyl (C=O) groups excluding carboxylic acids is 1. The van der Waals surface area contributed by atoms with E-state index in [4.69, 9.17) is 4.74 Å². The van der Waals surface area contributed by atoms with E-state index in [1.54, 1.807) is 0 Å². The van der Waals surface area contributed by atoms with E-state index in [1.165, 1.54) is 23.0 Å². The highest BCUT2D eigenvalue weighted by atomic mass is 19.4. The molecule has 0 bridgehead atoms. The summed E-state index contributed by atoms with van der Waals surface area (Å²) in [7, 11) is 0. The fourth-order valence-corrected chi connectivity index (χ4v) is 1.40. The molecule has 0 spiro atoms. The Morgan fingerprint density at radius 2 is 2.11 bits per heavy atom. The van der Waals surface area contributed by atoms with Crippen LogP contribution in [0.15, 0.2) is 18.5 Å². The van der Waals surface area contributed by atoms with Gasteiger partial charge in [-0.2, -0.15) is 13.2 Å². The van der Waals surface area contributed by atoms with Crippen molar-refractivity contribution in [3.63, 3.8) is 0 Å². The molecule has 0 aliphatic heterocycles. The van der Waals surface area contributed by atoms with E-state index in [1.807, 2.05) is 6.92 Å². The van der Waals surface area contributed by atoms with Crippen LogP contribution in [0.4, 0.5) is 13.2 Å². The van der Waals surface area contributed by atoms with Crippen molar-refractivity contribution in [1.29, 1.82) is 0 Å². The van der Waals surface area contributed by atoms with Gasteiger partial charge in [0.25, 0.3) is 5.78 Å². The maximum Gasteiger partial charge on any atom is 0.454 e. The standard InChI is InChI=1S/C12H16F3NO2/c1-2-3-7-18-8-6-16-5-4-10(9-16)11(17)12(13,14)15/h4-5,9H,2-3,6-8H2,1H3. The van der Waals surface area contributed by atoms with Gasteiger partial charge < -0.3 is 9.30 Å². The minimum Gasteiger partial charge on any atom is -0.380 e. The van der Waals surface area contributed by atoms with Gasteiger partial charge in [-0.25, -0.2) is 0 Å². The van der Waals surface area contributed by atoms with E-state index in [0.717, 1.165) is 12.8 Å². The van der Waals surface area contributed by atoms with Crippen molar-refractivity contribution in [3.05, 3.63) is 24.0 Å². The number of rotatable bonds is 7. The lowest BCUT2D eigenvalue weighted by molar-refractivity contribution is -0.0885. The molecule has 102 valence electrons. The molecule has 0 unspecified atom stereocenters. The molecule has 6 heteroatoms. The van der Waals surface area contributed by atoms with E-state index >= 15 is 0 Å². The first kappa shape index (κ1) is 14.8. The predicted molar refractivity (Wildman–Crippen MR) is 60.5 cm³/mol. The number of ether oxygens (including phenoxy) is 1. The largest absolute Gasteiger partial charge is 0.454 e. The third-order valence-electron chi connectivity index (χ3n) is 2.41. The number of Topliss-reactive ketones (excluding diaryl/α,β-unsaturated/α-hetero) is 1. The van der Waals surface area contributed by atoms with Crippen molar-refractivity contribution in [3.8, 4) is 0 Å². The Bertz CT molecular complexity index is 385. The molecule has 0 aliphatic rings. The fourth-order valence-electron chi connectivity index (χ4n) is 1.40. The Morgan fingerprint density at radius 3 is 2.72 bits per heavy atom. The third-order valence-corrected chi connectivity index (χ3v) is 2.41. The molecule has 18 heavy (non-hydrogen) atoms. The molecule has 0 radical (unpaired) electrons. The normalized spacial score (nSPS) is 11.8. The summed E-state index contributed by atoms with van der Waals surface area (Å²) in [5.74, 6) is -1.81. The Labute approximate surface area is 104 Å². The number of carbonyl (C=O) groups is 1. The molecule has 0 amide bonds. The van der Waals surface area contributed by atoms with Crippen molar-refractivity contribution in [1.82, 2.24) is 4.57 Å². The summed E-state index contributed by atoms with van der Waals surface area (Å²) in [6.07, 6.45) is -0.178. The maximum absolute atomic E-state index is 12.2. The lowest BCUT2D eigenvalue weighted by Gasteiger charge is -2.05. The van der Waals surface area contributed by atoms with Gasteiger partial charge >= 0.3 is 6.18 Å². The number of unbranched alkanes of at least 4 members (excludes halogenated alkanes) is 1. The molecule has 0 atom stereocenters. The summed E-state index contributed by atoms with van der Waals surface area (Å²) in [6, 6.07) is 1.17. The van der Waals surface area contributed by atoms with Gasteiger partial charge in [-0.15, -0.1) is 0 Å². The molecule has 1 heterocycles. The van der Waals surface area contributed by atoms with E-state index in [-0.39, 0.29) is 5.56 Å². The average molecular weight is 263 g/mol. The first-order valence-corrected chi connectivity index (χ1v) is 5.80. The van der Waals surface area contributed by atoms with Gasteiger partial charge in [0.05, 0.1) is 6.61 Å². The summed E-state index contributed by atoms with van der Waals surface area (Å²) in [4.78, 5) is 10.9. The molecule has 0 fully saturated rings. The molecule has 0 saturated heterocycles. The molecular formula is C12H16F3NO2. The van der Waals surface area contributed by atoms with Crippen LogP contribution in [0.3, 0.4) is 0 Å². The van der Waals surface area contributed by atoms with Crippen molar-refractivity contribution in [2.24, 2.45) is 0 Å². The lowest BCUT2D eigenvalue weighted by Crippen LogP contribution is -2.22. The number of ketones is 1. The zero-order valence-corrected chi connectivity index (χ0v) is 10.2. The quantitative estimate of drug-likeness (QED) is 0.559. The summed E-state index contributed by atoms with van der Waals surface area (Å²) in [5, 5.41) is 0. The zero-order valence-electron chi connectivity index (χ0n) is 10.2. The molecule has 1 rings (SSSR count). The van der Waals surface area contributed by atoms with Crippen LogP contribution in [0.1, 0.15) is 30.1 Å². The number of hydrogen-bond donors (Lipinski definition) is 0. The lowest BCUT2D eigenvalue weighted by atomic mass is 10.2. The second-order valence-electron chi connectivity index (χ2n) is 3.93. The smallest absolute Gasteiger partial charge is 0.380 e.